The first kappa shape index (κ1) is 12.7. The van der Waals surface area contributed by atoms with E-state index in [1.165, 1.54) is 0 Å². The monoisotopic (exact) mass is 299 g/mol. The van der Waals surface area contributed by atoms with Crippen LogP contribution in [0.1, 0.15) is 32.3 Å². The summed E-state index contributed by atoms with van der Waals surface area (Å²) in [4.78, 5) is 0. The van der Waals surface area contributed by atoms with Crippen molar-refractivity contribution < 1.29 is 9.47 Å². The molecule has 4 heteroatoms. The van der Waals surface area contributed by atoms with Gasteiger partial charge in [0.25, 0.3) is 0 Å². The van der Waals surface area contributed by atoms with Crippen LogP contribution in [-0.2, 0) is 5.54 Å². The van der Waals surface area contributed by atoms with E-state index >= 15 is 0 Å². The summed E-state index contributed by atoms with van der Waals surface area (Å²) in [5.74, 6) is 1.52. The Balaban J connectivity index is 2.53. The van der Waals surface area contributed by atoms with Crippen molar-refractivity contribution in [3.05, 3.63) is 22.2 Å². The van der Waals surface area contributed by atoms with Gasteiger partial charge in [0, 0.05) is 15.6 Å². The summed E-state index contributed by atoms with van der Waals surface area (Å²) in [5.41, 5.74) is 7.08. The van der Waals surface area contributed by atoms with Crippen molar-refractivity contribution >= 4 is 15.9 Å². The zero-order valence-corrected chi connectivity index (χ0v) is 12.0. The lowest BCUT2D eigenvalue weighted by molar-refractivity contribution is 0.225. The number of methoxy groups -OCH3 is 1. The molecule has 1 aliphatic rings. The summed E-state index contributed by atoms with van der Waals surface area (Å²) in [7, 11) is 1.65. The summed E-state index contributed by atoms with van der Waals surface area (Å²) < 4.78 is 12.2. The van der Waals surface area contributed by atoms with E-state index in [4.69, 9.17) is 15.2 Å². The second-order valence-corrected chi connectivity index (χ2v) is 5.63. The number of benzene rings is 1. The van der Waals surface area contributed by atoms with Gasteiger partial charge in [0.15, 0.2) is 11.5 Å². The topological polar surface area (TPSA) is 44.5 Å². The number of ether oxygens (including phenoxy) is 2. The molecule has 0 unspecified atom stereocenters. The van der Waals surface area contributed by atoms with Gasteiger partial charge in [0.05, 0.1) is 13.2 Å². The van der Waals surface area contributed by atoms with Crippen molar-refractivity contribution in [2.45, 2.75) is 38.3 Å². The molecule has 2 N–H and O–H groups in total. The van der Waals surface area contributed by atoms with Crippen LogP contribution in [0.3, 0.4) is 0 Å². The van der Waals surface area contributed by atoms with Crippen LogP contribution in [0.4, 0.5) is 0 Å². The maximum absolute atomic E-state index is 6.30. The van der Waals surface area contributed by atoms with E-state index in [2.05, 4.69) is 15.9 Å². The number of hydrogen-bond acceptors (Lipinski definition) is 3. The van der Waals surface area contributed by atoms with Crippen LogP contribution < -0.4 is 15.2 Å². The molecule has 0 amide bonds. The lowest BCUT2D eigenvalue weighted by Crippen LogP contribution is -2.22. The van der Waals surface area contributed by atoms with Gasteiger partial charge < -0.3 is 15.2 Å². The van der Waals surface area contributed by atoms with Crippen molar-refractivity contribution in [1.29, 1.82) is 0 Å². The molecule has 0 radical (unpaired) electrons. The fourth-order valence-corrected chi connectivity index (χ4v) is 2.61. The van der Waals surface area contributed by atoms with E-state index < -0.39 is 0 Å². The van der Waals surface area contributed by atoms with Crippen LogP contribution in [-0.4, -0.2) is 13.2 Å². The Bertz CT molecular complexity index is 428. The fourth-order valence-electron chi connectivity index (χ4n) is 1.90. The summed E-state index contributed by atoms with van der Waals surface area (Å²) in [6, 6.07) is 3.87. The Kier molecular flexibility index (Phi) is 3.36. The van der Waals surface area contributed by atoms with Crippen molar-refractivity contribution in [3.63, 3.8) is 0 Å². The van der Waals surface area contributed by atoms with E-state index in [0.29, 0.717) is 0 Å². The SMILES string of the molecule is COc1ccc(Br)c(C2(N)CC2)c1OC(C)C. The summed E-state index contributed by atoms with van der Waals surface area (Å²) >= 11 is 3.56. The maximum Gasteiger partial charge on any atom is 0.167 e. The molecule has 1 aliphatic carbocycles. The Morgan fingerprint density at radius 1 is 1.35 bits per heavy atom. The molecule has 17 heavy (non-hydrogen) atoms. The number of hydrogen-bond donors (Lipinski definition) is 1. The van der Waals surface area contributed by atoms with Gasteiger partial charge in [-0.25, -0.2) is 0 Å². The molecule has 0 bridgehead atoms. The van der Waals surface area contributed by atoms with Crippen LogP contribution in [0, 0.1) is 0 Å². The number of rotatable bonds is 4. The average molecular weight is 300 g/mol. The minimum Gasteiger partial charge on any atom is -0.493 e. The molecule has 3 nitrogen and oxygen atoms in total. The molecule has 0 spiro atoms. The van der Waals surface area contributed by atoms with Gasteiger partial charge in [-0.2, -0.15) is 0 Å². The smallest absolute Gasteiger partial charge is 0.167 e. The summed E-state index contributed by atoms with van der Waals surface area (Å²) in [5, 5.41) is 0. The highest BCUT2D eigenvalue weighted by atomic mass is 79.9. The predicted octanol–water partition coefficient (Wildman–Crippen LogP) is 3.19. The van der Waals surface area contributed by atoms with Gasteiger partial charge in [0.2, 0.25) is 0 Å². The van der Waals surface area contributed by atoms with Gasteiger partial charge in [-0.1, -0.05) is 15.9 Å². The highest BCUT2D eigenvalue weighted by molar-refractivity contribution is 9.10. The molecule has 0 aromatic heterocycles. The molecular weight excluding hydrogens is 282 g/mol. The van der Waals surface area contributed by atoms with Gasteiger partial charge >= 0.3 is 0 Å². The first-order chi connectivity index (χ1) is 7.98. The molecular formula is C13H18BrNO2. The Labute approximate surface area is 110 Å². The van der Waals surface area contributed by atoms with E-state index in [-0.39, 0.29) is 11.6 Å². The van der Waals surface area contributed by atoms with E-state index in [1.807, 2.05) is 26.0 Å². The standard InChI is InChI=1S/C13H18BrNO2/c1-8(2)17-12-10(16-3)5-4-9(14)11(12)13(15)6-7-13/h4-5,8H,6-7,15H2,1-3H3. The normalized spacial score (nSPS) is 17.1. The average Bonchev–Trinajstić information content (AvgIpc) is 2.96. The third-order valence-electron chi connectivity index (χ3n) is 2.93. The maximum atomic E-state index is 6.30. The minimum atomic E-state index is -0.252. The third-order valence-corrected chi connectivity index (χ3v) is 3.59. The molecule has 2 rings (SSSR count). The minimum absolute atomic E-state index is 0.0966. The first-order valence-electron chi connectivity index (χ1n) is 5.80. The lowest BCUT2D eigenvalue weighted by Gasteiger charge is -2.22. The van der Waals surface area contributed by atoms with Gasteiger partial charge in [-0.3, -0.25) is 0 Å². The molecule has 1 fully saturated rings. The van der Waals surface area contributed by atoms with Crippen LogP contribution in [0.15, 0.2) is 16.6 Å². The number of halogens is 1. The molecule has 0 aliphatic heterocycles. The second-order valence-electron chi connectivity index (χ2n) is 4.78. The number of nitrogens with two attached hydrogens (primary N) is 1. The molecule has 1 aromatic carbocycles. The quantitative estimate of drug-likeness (QED) is 0.928. The Hall–Kier alpha value is -0.740. The zero-order chi connectivity index (χ0) is 12.6. The van der Waals surface area contributed by atoms with Crippen LogP contribution in [0.25, 0.3) is 0 Å². The van der Waals surface area contributed by atoms with Crippen molar-refractivity contribution in [3.8, 4) is 11.5 Å². The Morgan fingerprint density at radius 3 is 2.47 bits per heavy atom. The van der Waals surface area contributed by atoms with E-state index in [0.717, 1.165) is 34.4 Å². The highest BCUT2D eigenvalue weighted by Gasteiger charge is 2.44. The molecule has 1 aromatic rings. The molecule has 0 atom stereocenters. The molecule has 1 saturated carbocycles. The summed E-state index contributed by atoms with van der Waals surface area (Å²) in [6.45, 7) is 4.00. The van der Waals surface area contributed by atoms with E-state index in [9.17, 15) is 0 Å². The molecule has 0 saturated heterocycles. The highest BCUT2D eigenvalue weighted by Crippen LogP contribution is 2.52. The van der Waals surface area contributed by atoms with Crippen LogP contribution in [0.5, 0.6) is 11.5 Å². The summed E-state index contributed by atoms with van der Waals surface area (Å²) in [6.07, 6.45) is 2.08. The van der Waals surface area contributed by atoms with Crippen molar-refractivity contribution in [1.82, 2.24) is 0 Å². The van der Waals surface area contributed by atoms with Gasteiger partial charge in [-0.15, -0.1) is 0 Å². The van der Waals surface area contributed by atoms with E-state index in [1.54, 1.807) is 7.11 Å². The van der Waals surface area contributed by atoms with Gasteiger partial charge in [0.1, 0.15) is 0 Å². The second kappa shape index (κ2) is 4.50. The third kappa shape index (κ3) is 2.43. The fraction of sp³-hybridized carbons (Fsp3) is 0.538. The predicted molar refractivity (Wildman–Crippen MR) is 71.6 cm³/mol. The van der Waals surface area contributed by atoms with Crippen LogP contribution in [0.2, 0.25) is 0 Å². The lowest BCUT2D eigenvalue weighted by atomic mass is 10.0. The van der Waals surface area contributed by atoms with Crippen molar-refractivity contribution in [2.24, 2.45) is 5.73 Å². The van der Waals surface area contributed by atoms with Crippen molar-refractivity contribution in [2.75, 3.05) is 7.11 Å². The first-order valence-corrected chi connectivity index (χ1v) is 6.60. The van der Waals surface area contributed by atoms with Gasteiger partial charge in [-0.05, 0) is 38.8 Å². The Morgan fingerprint density at radius 2 is 2.00 bits per heavy atom. The molecule has 94 valence electrons. The zero-order valence-electron chi connectivity index (χ0n) is 10.4. The van der Waals surface area contributed by atoms with Crippen LogP contribution >= 0.6 is 15.9 Å². The largest absolute Gasteiger partial charge is 0.493 e. The molecule has 0 heterocycles.